The number of benzene rings is 3. The molecule has 0 unspecified atom stereocenters. The lowest BCUT2D eigenvalue weighted by molar-refractivity contribution is -0.662. The van der Waals surface area contributed by atoms with Crippen LogP contribution in [-0.2, 0) is 12.7 Å². The molecule has 0 N–H and O–H groups in total. The third-order valence-electron chi connectivity index (χ3n) is 5.57. The summed E-state index contributed by atoms with van der Waals surface area (Å²) in [7, 11) is 1.59. The van der Waals surface area contributed by atoms with Crippen LogP contribution in [0, 0.1) is 0 Å². The summed E-state index contributed by atoms with van der Waals surface area (Å²) >= 11 is 0. The highest BCUT2D eigenvalue weighted by Crippen LogP contribution is 2.32. The predicted molar refractivity (Wildman–Crippen MR) is 115 cm³/mol. The third kappa shape index (κ3) is 3.73. The number of hydrogen-bond acceptors (Lipinski definition) is 3. The minimum Gasteiger partial charge on any atom is -0.854 e. The SMILES string of the molecule is COc1ccc(C[n+]2cc3ccccc3c3nn(-c4ccc(C(F)(F)F)cc4)c([O-])c32)cc1. The Morgan fingerprint density at radius 2 is 1.67 bits per heavy atom. The number of pyridine rings is 1. The van der Waals surface area contributed by atoms with Crippen LogP contribution >= 0.6 is 0 Å². The van der Waals surface area contributed by atoms with Crippen molar-refractivity contribution in [2.24, 2.45) is 0 Å². The first kappa shape index (κ1) is 20.8. The van der Waals surface area contributed by atoms with E-state index < -0.39 is 17.6 Å². The average Bonchev–Trinajstić information content (AvgIpc) is 3.17. The number of rotatable bonds is 4. The summed E-state index contributed by atoms with van der Waals surface area (Å²) in [6.45, 7) is 0.416. The molecule has 0 bridgehead atoms. The van der Waals surface area contributed by atoms with E-state index in [2.05, 4.69) is 5.10 Å². The molecule has 5 rings (SSSR count). The zero-order chi connectivity index (χ0) is 23.2. The Balaban J connectivity index is 1.68. The number of fused-ring (bicyclic) bond motifs is 3. The fourth-order valence-corrected chi connectivity index (χ4v) is 3.91. The molecule has 5 nitrogen and oxygen atoms in total. The summed E-state index contributed by atoms with van der Waals surface area (Å²) in [6, 6.07) is 19.5. The van der Waals surface area contributed by atoms with Crippen LogP contribution in [0.3, 0.4) is 0 Å². The van der Waals surface area contributed by atoms with E-state index in [1.807, 2.05) is 59.3 Å². The van der Waals surface area contributed by atoms with Gasteiger partial charge in [0.15, 0.2) is 18.3 Å². The van der Waals surface area contributed by atoms with E-state index in [1.165, 1.54) is 12.1 Å². The molecule has 0 amide bonds. The lowest BCUT2D eigenvalue weighted by Gasteiger charge is -2.11. The Hall–Kier alpha value is -4.07. The number of alkyl halides is 3. The third-order valence-corrected chi connectivity index (χ3v) is 5.57. The Morgan fingerprint density at radius 3 is 2.33 bits per heavy atom. The lowest BCUT2D eigenvalue weighted by atomic mass is 10.1. The van der Waals surface area contributed by atoms with Gasteiger partial charge in [-0.3, -0.25) is 0 Å². The van der Waals surface area contributed by atoms with Gasteiger partial charge in [-0.1, -0.05) is 18.2 Å². The van der Waals surface area contributed by atoms with E-state index in [0.29, 0.717) is 17.6 Å². The number of ether oxygens (including phenoxy) is 1. The number of nitrogens with zero attached hydrogens (tertiary/aromatic N) is 3. The minimum atomic E-state index is -4.45. The van der Waals surface area contributed by atoms with Gasteiger partial charge in [-0.25, -0.2) is 4.68 Å². The van der Waals surface area contributed by atoms with E-state index in [9.17, 15) is 18.3 Å². The first-order chi connectivity index (χ1) is 15.8. The summed E-state index contributed by atoms with van der Waals surface area (Å²) < 4.78 is 47.1. The Bertz CT molecular complexity index is 1460. The topological polar surface area (TPSA) is 54.0 Å². The zero-order valence-corrected chi connectivity index (χ0v) is 17.5. The molecule has 0 radical (unpaired) electrons. The average molecular weight is 449 g/mol. The molecule has 166 valence electrons. The van der Waals surface area contributed by atoms with Crippen molar-refractivity contribution in [1.82, 2.24) is 9.78 Å². The van der Waals surface area contributed by atoms with Crippen molar-refractivity contribution in [2.75, 3.05) is 7.11 Å². The molecule has 0 fully saturated rings. The Morgan fingerprint density at radius 1 is 0.970 bits per heavy atom. The molecule has 2 heterocycles. The molecule has 0 aliphatic heterocycles. The van der Waals surface area contributed by atoms with Crippen molar-refractivity contribution in [2.45, 2.75) is 12.7 Å². The summed E-state index contributed by atoms with van der Waals surface area (Å²) in [5.74, 6) is 0.330. The van der Waals surface area contributed by atoms with Gasteiger partial charge in [-0.15, -0.1) is 0 Å². The molecule has 0 atom stereocenters. The molecule has 8 heteroatoms. The van der Waals surface area contributed by atoms with Crippen LogP contribution < -0.4 is 14.4 Å². The molecule has 0 spiro atoms. The molecular weight excluding hydrogens is 431 g/mol. The highest BCUT2D eigenvalue weighted by Gasteiger charge is 2.30. The van der Waals surface area contributed by atoms with Crippen LogP contribution in [0.25, 0.3) is 27.5 Å². The number of hydrogen-bond donors (Lipinski definition) is 0. The smallest absolute Gasteiger partial charge is 0.416 e. The van der Waals surface area contributed by atoms with E-state index in [4.69, 9.17) is 4.74 Å². The van der Waals surface area contributed by atoms with E-state index >= 15 is 0 Å². The first-order valence-corrected chi connectivity index (χ1v) is 10.2. The summed E-state index contributed by atoms with van der Waals surface area (Å²) in [6.07, 6.45) is -2.56. The Kier molecular flexibility index (Phi) is 4.92. The molecule has 33 heavy (non-hydrogen) atoms. The minimum absolute atomic E-state index is 0.268. The van der Waals surface area contributed by atoms with Crippen LogP contribution in [0.1, 0.15) is 11.1 Å². The van der Waals surface area contributed by atoms with Crippen molar-refractivity contribution in [3.8, 4) is 17.3 Å². The van der Waals surface area contributed by atoms with Gasteiger partial charge in [0.25, 0.3) is 0 Å². The van der Waals surface area contributed by atoms with Crippen molar-refractivity contribution in [3.05, 3.63) is 90.1 Å². The van der Waals surface area contributed by atoms with Crippen LogP contribution in [0.5, 0.6) is 11.6 Å². The van der Waals surface area contributed by atoms with Crippen LogP contribution in [0.4, 0.5) is 13.2 Å². The molecule has 0 saturated heterocycles. The maximum Gasteiger partial charge on any atom is 0.416 e. The highest BCUT2D eigenvalue weighted by atomic mass is 19.4. The molecular formula is C25H18F3N3O2. The first-order valence-electron chi connectivity index (χ1n) is 10.2. The second kappa shape index (κ2) is 7.81. The largest absolute Gasteiger partial charge is 0.854 e. The predicted octanol–water partition coefficient (Wildman–Crippen LogP) is 4.62. The van der Waals surface area contributed by atoms with Crippen molar-refractivity contribution >= 4 is 21.8 Å². The molecule has 0 saturated carbocycles. The van der Waals surface area contributed by atoms with Crippen LogP contribution in [-0.4, -0.2) is 16.9 Å². The van der Waals surface area contributed by atoms with Gasteiger partial charge in [-0.05, 0) is 54.6 Å². The molecule has 0 aliphatic carbocycles. The van der Waals surface area contributed by atoms with Crippen LogP contribution in [0.15, 0.2) is 79.0 Å². The van der Waals surface area contributed by atoms with Crippen molar-refractivity contribution < 1.29 is 27.6 Å². The second-order valence-electron chi connectivity index (χ2n) is 7.65. The van der Waals surface area contributed by atoms with Crippen molar-refractivity contribution in [1.29, 1.82) is 0 Å². The van der Waals surface area contributed by atoms with E-state index in [1.54, 1.807) is 7.11 Å². The Labute approximate surface area is 186 Å². The quantitative estimate of drug-likeness (QED) is 0.377. The highest BCUT2D eigenvalue weighted by molar-refractivity contribution is 6.02. The summed E-state index contributed by atoms with van der Waals surface area (Å²) in [4.78, 5) is 0. The van der Waals surface area contributed by atoms with Gasteiger partial charge in [0.05, 0.1) is 24.2 Å². The van der Waals surface area contributed by atoms with Crippen molar-refractivity contribution in [3.63, 3.8) is 0 Å². The van der Waals surface area contributed by atoms with Gasteiger partial charge in [0.2, 0.25) is 5.52 Å². The molecule has 2 aromatic heterocycles. The van der Waals surface area contributed by atoms with Gasteiger partial charge < -0.3 is 9.84 Å². The monoisotopic (exact) mass is 449 g/mol. The number of aromatic nitrogens is 3. The maximum absolute atomic E-state index is 13.4. The van der Waals surface area contributed by atoms with Crippen LogP contribution in [0.2, 0.25) is 0 Å². The van der Waals surface area contributed by atoms with Gasteiger partial charge >= 0.3 is 6.18 Å². The lowest BCUT2D eigenvalue weighted by Crippen LogP contribution is -2.35. The maximum atomic E-state index is 13.4. The number of halogens is 3. The molecule has 3 aromatic carbocycles. The second-order valence-corrected chi connectivity index (χ2v) is 7.65. The molecule has 0 aliphatic rings. The van der Waals surface area contributed by atoms with Gasteiger partial charge in [0.1, 0.15) is 5.75 Å². The summed E-state index contributed by atoms with van der Waals surface area (Å²) in [5.41, 5.74) is 1.31. The van der Waals surface area contributed by atoms with Gasteiger partial charge in [0, 0.05) is 16.3 Å². The van der Waals surface area contributed by atoms with Gasteiger partial charge in [-0.2, -0.15) is 22.8 Å². The molecule has 5 aromatic rings. The van der Waals surface area contributed by atoms with E-state index in [-0.39, 0.29) is 5.69 Å². The zero-order valence-electron chi connectivity index (χ0n) is 17.5. The normalized spacial score (nSPS) is 11.9. The number of methoxy groups -OCH3 is 1. The fraction of sp³-hybridized carbons (Fsp3) is 0.120. The fourth-order valence-electron chi connectivity index (χ4n) is 3.91. The standard InChI is InChI=1S/C25H18F3N3O2/c1-33-20-12-6-16(7-13-20)14-30-15-17-4-2-3-5-21(17)22-23(30)24(32)31(29-22)19-10-8-18(9-11-19)25(26,27)28/h2-13,15H,14H2,1H3. The summed E-state index contributed by atoms with van der Waals surface area (Å²) in [5, 5.41) is 19.6. The van der Waals surface area contributed by atoms with E-state index in [0.717, 1.165) is 38.9 Å².